The molecule has 2 rings (SSSR count). The predicted octanol–water partition coefficient (Wildman–Crippen LogP) is 2.51. The van der Waals surface area contributed by atoms with Crippen molar-refractivity contribution in [3.05, 3.63) is 30.1 Å². The van der Waals surface area contributed by atoms with Gasteiger partial charge in [0, 0.05) is 20.2 Å². The zero-order valence-corrected chi connectivity index (χ0v) is 18.4. The number of aliphatic hydroxyl groups excluding tert-OH is 1. The second-order valence-electron chi connectivity index (χ2n) is 6.53. The Morgan fingerprint density at radius 3 is 2.81 bits per heavy atom. The summed E-state index contributed by atoms with van der Waals surface area (Å²) >= 11 is 0. The van der Waals surface area contributed by atoms with Crippen LogP contribution in [0.1, 0.15) is 19.8 Å². The van der Waals surface area contributed by atoms with Crippen molar-refractivity contribution in [2.75, 3.05) is 46.5 Å². The van der Waals surface area contributed by atoms with Gasteiger partial charge in [0.2, 0.25) is 0 Å². The molecule has 1 aliphatic carbocycles. The smallest absolute Gasteiger partial charge is 0.193 e. The van der Waals surface area contributed by atoms with Crippen LogP contribution in [0.4, 0.5) is 4.39 Å². The summed E-state index contributed by atoms with van der Waals surface area (Å²) in [6, 6.07) is 6.34. The fourth-order valence-corrected chi connectivity index (χ4v) is 2.33. The van der Waals surface area contributed by atoms with Crippen LogP contribution in [0.15, 0.2) is 29.3 Å². The van der Waals surface area contributed by atoms with Gasteiger partial charge in [0.1, 0.15) is 6.61 Å². The number of hydrogen-bond donors (Lipinski definition) is 2. The van der Waals surface area contributed by atoms with E-state index >= 15 is 0 Å². The van der Waals surface area contributed by atoms with Crippen molar-refractivity contribution >= 4 is 29.9 Å². The van der Waals surface area contributed by atoms with Gasteiger partial charge in [-0.2, -0.15) is 0 Å². The van der Waals surface area contributed by atoms with E-state index in [4.69, 9.17) is 9.47 Å². The first-order valence-electron chi connectivity index (χ1n) is 9.22. The third-order valence-electron chi connectivity index (χ3n) is 4.03. The Kier molecular flexibility index (Phi) is 11.6. The summed E-state index contributed by atoms with van der Waals surface area (Å²) in [5, 5.41) is 13.2. The highest BCUT2D eigenvalue weighted by molar-refractivity contribution is 14.0. The molecule has 0 spiro atoms. The zero-order valence-electron chi connectivity index (χ0n) is 16.1. The van der Waals surface area contributed by atoms with Gasteiger partial charge in [-0.3, -0.25) is 4.99 Å². The highest BCUT2D eigenvalue weighted by Crippen LogP contribution is 2.28. The molecule has 6 nitrogen and oxygen atoms in total. The third-order valence-corrected chi connectivity index (χ3v) is 4.03. The van der Waals surface area contributed by atoms with E-state index < -0.39 is 6.10 Å². The van der Waals surface area contributed by atoms with Crippen molar-refractivity contribution in [3.63, 3.8) is 0 Å². The summed E-state index contributed by atoms with van der Waals surface area (Å²) in [4.78, 5) is 6.33. The molecule has 2 N–H and O–H groups in total. The molecule has 154 valence electrons. The van der Waals surface area contributed by atoms with Crippen molar-refractivity contribution in [2.45, 2.75) is 25.9 Å². The van der Waals surface area contributed by atoms with Crippen LogP contribution in [0, 0.1) is 11.7 Å². The highest BCUT2D eigenvalue weighted by Gasteiger charge is 2.21. The fraction of sp³-hybridized carbons (Fsp3) is 0.632. The number of nitrogens with one attached hydrogen (secondary N) is 1. The minimum Gasteiger partial charge on any atom is -0.489 e. The summed E-state index contributed by atoms with van der Waals surface area (Å²) in [6.45, 7) is 4.86. The molecular weight excluding hydrogens is 464 g/mol. The molecule has 1 aromatic rings. The van der Waals surface area contributed by atoms with Gasteiger partial charge in [0.25, 0.3) is 0 Å². The van der Waals surface area contributed by atoms with Crippen LogP contribution in [0.5, 0.6) is 5.75 Å². The lowest BCUT2D eigenvalue weighted by atomic mass is 10.3. The van der Waals surface area contributed by atoms with Gasteiger partial charge in [-0.25, -0.2) is 4.39 Å². The molecule has 1 aromatic carbocycles. The number of likely N-dealkylation sites (N-methyl/N-ethyl adjacent to an activating group) is 1. The standard InChI is InChI=1S/C19H30FN3O3.HI/c1-3-21-19(22-12-16(24)14-25-13-15-8-9-15)23(2)10-11-26-18-7-5-4-6-17(18)20;/h4-7,15-16,24H,3,8-14H2,1-2H3,(H,21,22);1H. The number of aliphatic imine (C=N–C) groups is 1. The Morgan fingerprint density at radius 2 is 2.15 bits per heavy atom. The van der Waals surface area contributed by atoms with E-state index in [2.05, 4.69) is 10.3 Å². The average molecular weight is 495 g/mol. The molecule has 1 unspecified atom stereocenters. The SMILES string of the molecule is CCNC(=NCC(O)COCC1CC1)N(C)CCOc1ccccc1F.I. The largest absolute Gasteiger partial charge is 0.489 e. The van der Waals surface area contributed by atoms with Gasteiger partial charge >= 0.3 is 0 Å². The molecule has 0 radical (unpaired) electrons. The quantitative estimate of drug-likeness (QED) is 0.281. The van der Waals surface area contributed by atoms with Gasteiger partial charge in [-0.05, 0) is 37.8 Å². The molecule has 1 atom stereocenters. The van der Waals surface area contributed by atoms with E-state index in [1.54, 1.807) is 18.2 Å². The Labute approximate surface area is 178 Å². The molecule has 0 bridgehead atoms. The van der Waals surface area contributed by atoms with E-state index in [9.17, 15) is 9.50 Å². The first-order chi connectivity index (χ1) is 12.6. The monoisotopic (exact) mass is 495 g/mol. The Balaban J connectivity index is 0.00000364. The number of ether oxygens (including phenoxy) is 2. The molecule has 0 amide bonds. The van der Waals surface area contributed by atoms with E-state index in [1.165, 1.54) is 18.9 Å². The van der Waals surface area contributed by atoms with Gasteiger partial charge in [-0.15, -0.1) is 24.0 Å². The van der Waals surface area contributed by atoms with Crippen LogP contribution < -0.4 is 10.1 Å². The maximum absolute atomic E-state index is 13.5. The van der Waals surface area contributed by atoms with Crippen LogP contribution in [0.3, 0.4) is 0 Å². The number of hydrogen-bond acceptors (Lipinski definition) is 4. The highest BCUT2D eigenvalue weighted by atomic mass is 127. The topological polar surface area (TPSA) is 66.3 Å². The van der Waals surface area contributed by atoms with Gasteiger partial charge in [-0.1, -0.05) is 12.1 Å². The van der Waals surface area contributed by atoms with E-state index in [0.29, 0.717) is 38.2 Å². The second-order valence-corrected chi connectivity index (χ2v) is 6.53. The van der Waals surface area contributed by atoms with Gasteiger partial charge in [0.05, 0.1) is 25.8 Å². The first kappa shape index (κ1) is 23.9. The molecule has 0 heterocycles. The molecule has 8 heteroatoms. The van der Waals surface area contributed by atoms with Gasteiger partial charge < -0.3 is 24.8 Å². The van der Waals surface area contributed by atoms with E-state index in [-0.39, 0.29) is 42.1 Å². The summed E-state index contributed by atoms with van der Waals surface area (Å²) in [5.41, 5.74) is 0. The predicted molar refractivity (Wildman–Crippen MR) is 115 cm³/mol. The minimum atomic E-state index is -0.620. The molecule has 0 aliphatic heterocycles. The maximum atomic E-state index is 13.5. The lowest BCUT2D eigenvalue weighted by Crippen LogP contribution is -2.41. The first-order valence-corrected chi connectivity index (χ1v) is 9.22. The van der Waals surface area contributed by atoms with Crippen molar-refractivity contribution in [1.82, 2.24) is 10.2 Å². The summed E-state index contributed by atoms with van der Waals surface area (Å²) in [7, 11) is 1.88. The van der Waals surface area contributed by atoms with Crippen molar-refractivity contribution in [1.29, 1.82) is 0 Å². The molecule has 0 aromatic heterocycles. The van der Waals surface area contributed by atoms with Crippen LogP contribution in [0.2, 0.25) is 0 Å². The van der Waals surface area contributed by atoms with Crippen molar-refractivity contribution in [2.24, 2.45) is 10.9 Å². The Morgan fingerprint density at radius 1 is 1.41 bits per heavy atom. The van der Waals surface area contributed by atoms with Crippen LogP contribution in [-0.4, -0.2) is 68.6 Å². The molecule has 1 saturated carbocycles. The molecular formula is C19H31FIN3O3. The molecule has 0 saturated heterocycles. The number of para-hydroxylation sites is 1. The number of nitrogens with zero attached hydrogens (tertiary/aromatic N) is 2. The second kappa shape index (κ2) is 13.1. The summed E-state index contributed by atoms with van der Waals surface area (Å²) in [6.07, 6.45) is 1.85. The lowest BCUT2D eigenvalue weighted by molar-refractivity contribution is 0.0367. The lowest BCUT2D eigenvalue weighted by Gasteiger charge is -2.22. The van der Waals surface area contributed by atoms with E-state index in [0.717, 1.165) is 6.61 Å². The van der Waals surface area contributed by atoms with Crippen molar-refractivity contribution in [3.8, 4) is 5.75 Å². The molecule has 27 heavy (non-hydrogen) atoms. The molecule has 1 aliphatic rings. The van der Waals surface area contributed by atoms with Crippen molar-refractivity contribution < 1.29 is 19.0 Å². The number of aliphatic hydroxyl groups is 1. The Bertz CT molecular complexity index is 573. The van der Waals surface area contributed by atoms with Crippen LogP contribution in [-0.2, 0) is 4.74 Å². The number of rotatable bonds is 11. The van der Waals surface area contributed by atoms with Gasteiger partial charge in [0.15, 0.2) is 17.5 Å². The molecule has 1 fully saturated rings. The summed E-state index contributed by atoms with van der Waals surface area (Å²) in [5.74, 6) is 1.23. The number of halogens is 2. The van der Waals surface area contributed by atoms with Crippen LogP contribution in [0.25, 0.3) is 0 Å². The third kappa shape index (κ3) is 9.57. The van der Waals surface area contributed by atoms with Crippen LogP contribution >= 0.6 is 24.0 Å². The zero-order chi connectivity index (χ0) is 18.8. The number of guanidine groups is 1. The van der Waals surface area contributed by atoms with E-state index in [1.807, 2.05) is 18.9 Å². The fourth-order valence-electron chi connectivity index (χ4n) is 2.33. The average Bonchev–Trinajstić information content (AvgIpc) is 3.44. The number of benzene rings is 1. The maximum Gasteiger partial charge on any atom is 0.193 e. The Hall–Kier alpha value is -1.13. The minimum absolute atomic E-state index is 0. The normalized spacial score (nSPS) is 15.0. The summed E-state index contributed by atoms with van der Waals surface area (Å²) < 4.78 is 24.5.